The molecule has 0 aromatic heterocycles. The van der Waals surface area contributed by atoms with Gasteiger partial charge in [0.05, 0.1) is 0 Å². The topological polar surface area (TPSA) is 0 Å². The van der Waals surface area contributed by atoms with Crippen molar-refractivity contribution < 1.29 is 0 Å². The second kappa shape index (κ2) is 5.75. The predicted octanol–water partition coefficient (Wildman–Crippen LogP) is 4.37. The molecule has 1 aliphatic carbocycles. The molecule has 1 saturated carbocycles. The van der Waals surface area contributed by atoms with Crippen LogP contribution in [0.1, 0.15) is 37.7 Å². The van der Waals surface area contributed by atoms with E-state index in [-0.39, 0.29) is 0 Å². The third kappa shape index (κ3) is 3.54. The first kappa shape index (κ1) is 10.5. The van der Waals surface area contributed by atoms with Crippen LogP contribution < -0.4 is 0 Å². The van der Waals surface area contributed by atoms with Crippen LogP contribution in [0.3, 0.4) is 0 Å². The van der Waals surface area contributed by atoms with Crippen molar-refractivity contribution in [1.82, 2.24) is 0 Å². The molecular formula is C15H20. The van der Waals surface area contributed by atoms with Gasteiger partial charge >= 0.3 is 0 Å². The Hall–Kier alpha value is -1.04. The molecule has 2 rings (SSSR count). The number of allylic oxidation sites excluding steroid dienone is 2. The van der Waals surface area contributed by atoms with Gasteiger partial charge in [-0.1, -0.05) is 68.2 Å². The zero-order valence-electron chi connectivity index (χ0n) is 9.36. The van der Waals surface area contributed by atoms with E-state index in [4.69, 9.17) is 0 Å². The quantitative estimate of drug-likeness (QED) is 0.633. The molecule has 0 saturated heterocycles. The molecule has 0 aliphatic heterocycles. The molecule has 1 aromatic rings. The van der Waals surface area contributed by atoms with Crippen LogP contribution in [0.5, 0.6) is 0 Å². The summed E-state index contributed by atoms with van der Waals surface area (Å²) in [6.07, 6.45) is 12.9. The van der Waals surface area contributed by atoms with Crippen LogP contribution >= 0.6 is 0 Å². The van der Waals surface area contributed by atoms with E-state index in [2.05, 4.69) is 42.5 Å². The summed E-state index contributed by atoms with van der Waals surface area (Å²) in [7, 11) is 0. The average Bonchev–Trinajstić information content (AvgIpc) is 2.79. The fourth-order valence-corrected chi connectivity index (χ4v) is 2.37. The molecular weight excluding hydrogens is 180 g/mol. The summed E-state index contributed by atoms with van der Waals surface area (Å²) in [6.45, 7) is 0. The van der Waals surface area contributed by atoms with Crippen LogP contribution in [0.2, 0.25) is 0 Å². The molecule has 0 N–H and O–H groups in total. The lowest BCUT2D eigenvalue weighted by Gasteiger charge is -2.03. The molecule has 0 amide bonds. The Morgan fingerprint density at radius 1 is 1.00 bits per heavy atom. The van der Waals surface area contributed by atoms with E-state index >= 15 is 0 Å². The predicted molar refractivity (Wildman–Crippen MR) is 65.9 cm³/mol. The van der Waals surface area contributed by atoms with Crippen LogP contribution in [0.4, 0.5) is 0 Å². The Balaban J connectivity index is 1.71. The van der Waals surface area contributed by atoms with Crippen molar-refractivity contribution in [1.29, 1.82) is 0 Å². The Morgan fingerprint density at radius 2 is 1.73 bits per heavy atom. The molecule has 0 nitrogen and oxygen atoms in total. The Morgan fingerprint density at radius 3 is 2.47 bits per heavy atom. The third-order valence-electron chi connectivity index (χ3n) is 3.31. The summed E-state index contributed by atoms with van der Waals surface area (Å²) >= 11 is 0. The molecule has 0 atom stereocenters. The smallest absolute Gasteiger partial charge is 0.00975 e. The van der Waals surface area contributed by atoms with Crippen molar-refractivity contribution in [3.8, 4) is 0 Å². The third-order valence-corrected chi connectivity index (χ3v) is 3.31. The molecule has 0 spiro atoms. The summed E-state index contributed by atoms with van der Waals surface area (Å²) in [5.41, 5.74) is 1.42. The largest absolute Gasteiger partial charge is 0.0879 e. The van der Waals surface area contributed by atoms with E-state index in [0.717, 1.165) is 12.3 Å². The highest BCUT2D eigenvalue weighted by molar-refractivity contribution is 5.17. The van der Waals surface area contributed by atoms with Crippen molar-refractivity contribution in [2.75, 3.05) is 0 Å². The lowest BCUT2D eigenvalue weighted by molar-refractivity contribution is 0.557. The van der Waals surface area contributed by atoms with Gasteiger partial charge in [0.15, 0.2) is 0 Å². The molecule has 0 bridgehead atoms. The van der Waals surface area contributed by atoms with Crippen molar-refractivity contribution in [3.63, 3.8) is 0 Å². The maximum absolute atomic E-state index is 2.38. The molecule has 0 heterocycles. The van der Waals surface area contributed by atoms with E-state index in [9.17, 15) is 0 Å². The van der Waals surface area contributed by atoms with E-state index in [0.29, 0.717) is 0 Å². The van der Waals surface area contributed by atoms with Crippen molar-refractivity contribution in [2.45, 2.75) is 38.5 Å². The normalized spacial score (nSPS) is 17.6. The van der Waals surface area contributed by atoms with Crippen molar-refractivity contribution in [3.05, 3.63) is 48.0 Å². The van der Waals surface area contributed by atoms with E-state index < -0.39 is 0 Å². The van der Waals surface area contributed by atoms with Crippen LogP contribution in [0, 0.1) is 5.92 Å². The van der Waals surface area contributed by atoms with Crippen molar-refractivity contribution >= 4 is 0 Å². The summed E-state index contributed by atoms with van der Waals surface area (Å²) in [5, 5.41) is 0. The van der Waals surface area contributed by atoms with Crippen molar-refractivity contribution in [2.24, 2.45) is 5.92 Å². The number of hydrogen-bond donors (Lipinski definition) is 0. The minimum Gasteiger partial charge on any atom is -0.0879 e. The maximum Gasteiger partial charge on any atom is -0.00975 e. The second-order valence-electron chi connectivity index (χ2n) is 4.55. The van der Waals surface area contributed by atoms with Gasteiger partial charge in [0.1, 0.15) is 0 Å². The Kier molecular flexibility index (Phi) is 4.01. The van der Waals surface area contributed by atoms with Gasteiger partial charge < -0.3 is 0 Å². The molecule has 1 aromatic carbocycles. The fourth-order valence-electron chi connectivity index (χ4n) is 2.37. The van der Waals surface area contributed by atoms with Crippen LogP contribution in [-0.2, 0) is 6.42 Å². The standard InChI is InChI=1S/C15H20/c1-2-8-14(9-3-1)10-4-5-11-15-12-6-7-13-15/h1-5,8-9,15H,6-7,10-13H2/b5-4+. The zero-order valence-corrected chi connectivity index (χ0v) is 9.36. The summed E-state index contributed by atoms with van der Waals surface area (Å²) in [6, 6.07) is 10.7. The van der Waals surface area contributed by atoms with Gasteiger partial charge in [-0.15, -0.1) is 0 Å². The minimum atomic E-state index is 0.983. The number of benzene rings is 1. The van der Waals surface area contributed by atoms with Gasteiger partial charge in [-0.3, -0.25) is 0 Å². The van der Waals surface area contributed by atoms with E-state index in [1.807, 2.05) is 0 Å². The van der Waals surface area contributed by atoms with Crippen LogP contribution in [0.25, 0.3) is 0 Å². The minimum absolute atomic E-state index is 0.983. The van der Waals surface area contributed by atoms with Gasteiger partial charge in [0.2, 0.25) is 0 Å². The first-order valence-corrected chi connectivity index (χ1v) is 6.14. The zero-order chi connectivity index (χ0) is 10.3. The van der Waals surface area contributed by atoms with E-state index in [1.54, 1.807) is 0 Å². The van der Waals surface area contributed by atoms with Gasteiger partial charge in [0, 0.05) is 0 Å². The van der Waals surface area contributed by atoms with Crippen LogP contribution in [-0.4, -0.2) is 0 Å². The molecule has 0 heteroatoms. The average molecular weight is 200 g/mol. The summed E-state index contributed by atoms with van der Waals surface area (Å²) in [5.74, 6) is 0.983. The molecule has 80 valence electrons. The lowest BCUT2D eigenvalue weighted by atomic mass is 10.0. The molecule has 1 fully saturated rings. The molecule has 0 radical (unpaired) electrons. The highest BCUT2D eigenvalue weighted by Gasteiger charge is 2.12. The highest BCUT2D eigenvalue weighted by atomic mass is 14.2. The first-order valence-electron chi connectivity index (χ1n) is 6.14. The monoisotopic (exact) mass is 200 g/mol. The Bertz CT molecular complexity index is 291. The molecule has 0 unspecified atom stereocenters. The summed E-state index contributed by atoms with van der Waals surface area (Å²) in [4.78, 5) is 0. The Labute approximate surface area is 93.0 Å². The number of hydrogen-bond acceptors (Lipinski definition) is 0. The maximum atomic E-state index is 2.38. The van der Waals surface area contributed by atoms with Gasteiger partial charge in [-0.25, -0.2) is 0 Å². The second-order valence-corrected chi connectivity index (χ2v) is 4.55. The molecule has 1 aliphatic rings. The lowest BCUT2D eigenvalue weighted by Crippen LogP contribution is -1.89. The van der Waals surface area contributed by atoms with Gasteiger partial charge in [-0.05, 0) is 24.3 Å². The fraction of sp³-hybridized carbons (Fsp3) is 0.467. The SMILES string of the molecule is C(=C\CC1CCCC1)/Cc1ccccc1. The first-order chi connectivity index (χ1) is 7.45. The van der Waals surface area contributed by atoms with E-state index in [1.165, 1.54) is 37.7 Å². The summed E-state index contributed by atoms with van der Waals surface area (Å²) < 4.78 is 0. The number of rotatable bonds is 4. The highest BCUT2D eigenvalue weighted by Crippen LogP contribution is 2.27. The van der Waals surface area contributed by atoms with Gasteiger partial charge in [-0.2, -0.15) is 0 Å². The van der Waals surface area contributed by atoms with Gasteiger partial charge in [0.25, 0.3) is 0 Å². The molecule has 15 heavy (non-hydrogen) atoms. The van der Waals surface area contributed by atoms with Crippen LogP contribution in [0.15, 0.2) is 42.5 Å².